The molecule has 2 rings (SSSR count). The number of aryl methyl sites for hydroxylation is 1. The predicted molar refractivity (Wildman–Crippen MR) is 71.2 cm³/mol. The molecule has 0 radical (unpaired) electrons. The molecule has 2 atom stereocenters. The van der Waals surface area contributed by atoms with Crippen molar-refractivity contribution in [2.75, 3.05) is 24.6 Å². The molecule has 0 amide bonds. The molecule has 0 aromatic carbocycles. The van der Waals surface area contributed by atoms with Crippen LogP contribution in [0.4, 0.5) is 11.5 Å². The number of ether oxygens (including phenoxy) is 1. The standard InChI is InChI=1S/C12H18N4O3/c1-8(13)11-7-15(5-6-19-11)12-4-3-10(16(17)18)9(2)14-12/h3-4,8,11H,5-7,13H2,1-2H3. The molecule has 1 aromatic rings. The number of hydrogen-bond donors (Lipinski definition) is 1. The lowest BCUT2D eigenvalue weighted by atomic mass is 10.1. The van der Waals surface area contributed by atoms with Gasteiger partial charge >= 0.3 is 0 Å². The lowest BCUT2D eigenvalue weighted by Crippen LogP contribution is -2.49. The van der Waals surface area contributed by atoms with Gasteiger partial charge < -0.3 is 15.4 Å². The summed E-state index contributed by atoms with van der Waals surface area (Å²) in [6.07, 6.45) is -0.0361. The fourth-order valence-corrected chi connectivity index (χ4v) is 2.11. The van der Waals surface area contributed by atoms with Gasteiger partial charge in [-0.3, -0.25) is 10.1 Å². The summed E-state index contributed by atoms with van der Waals surface area (Å²) in [4.78, 5) is 16.7. The molecule has 2 heterocycles. The Morgan fingerprint density at radius 1 is 1.63 bits per heavy atom. The molecule has 7 heteroatoms. The van der Waals surface area contributed by atoms with Crippen molar-refractivity contribution < 1.29 is 9.66 Å². The Bertz CT molecular complexity index is 478. The molecule has 1 fully saturated rings. The Morgan fingerprint density at radius 3 is 2.95 bits per heavy atom. The van der Waals surface area contributed by atoms with Crippen molar-refractivity contribution in [1.82, 2.24) is 4.98 Å². The van der Waals surface area contributed by atoms with Crippen molar-refractivity contribution in [3.05, 3.63) is 27.9 Å². The van der Waals surface area contributed by atoms with E-state index in [4.69, 9.17) is 10.5 Å². The van der Waals surface area contributed by atoms with E-state index in [2.05, 4.69) is 4.98 Å². The van der Waals surface area contributed by atoms with E-state index >= 15 is 0 Å². The topological polar surface area (TPSA) is 94.5 Å². The second kappa shape index (κ2) is 5.50. The normalized spacial score (nSPS) is 21.2. The van der Waals surface area contributed by atoms with Gasteiger partial charge in [0.05, 0.1) is 17.6 Å². The molecule has 2 unspecified atom stereocenters. The Balaban J connectivity index is 2.18. The molecule has 0 saturated carbocycles. The van der Waals surface area contributed by atoms with Crippen molar-refractivity contribution in [2.45, 2.75) is 26.0 Å². The maximum Gasteiger partial charge on any atom is 0.290 e. The zero-order valence-corrected chi connectivity index (χ0v) is 11.1. The smallest absolute Gasteiger partial charge is 0.290 e. The van der Waals surface area contributed by atoms with Crippen LogP contribution in [0.25, 0.3) is 0 Å². The highest BCUT2D eigenvalue weighted by molar-refractivity contribution is 5.47. The van der Waals surface area contributed by atoms with Crippen LogP contribution in [0.3, 0.4) is 0 Å². The maximum absolute atomic E-state index is 10.8. The number of hydrogen-bond acceptors (Lipinski definition) is 6. The second-order valence-corrected chi connectivity index (χ2v) is 4.75. The number of pyridine rings is 1. The van der Waals surface area contributed by atoms with E-state index in [0.717, 1.165) is 5.82 Å². The van der Waals surface area contributed by atoms with E-state index in [0.29, 0.717) is 25.4 Å². The van der Waals surface area contributed by atoms with E-state index < -0.39 is 4.92 Å². The Kier molecular flexibility index (Phi) is 3.96. The number of anilines is 1. The third-order valence-electron chi connectivity index (χ3n) is 3.24. The van der Waals surface area contributed by atoms with Gasteiger partial charge in [-0.2, -0.15) is 0 Å². The summed E-state index contributed by atoms with van der Waals surface area (Å²) in [5.74, 6) is 0.733. The van der Waals surface area contributed by atoms with Gasteiger partial charge in [-0.05, 0) is 19.9 Å². The Labute approximate surface area is 111 Å². The van der Waals surface area contributed by atoms with Gasteiger partial charge in [0, 0.05) is 25.2 Å². The van der Waals surface area contributed by atoms with Crippen molar-refractivity contribution in [1.29, 1.82) is 0 Å². The van der Waals surface area contributed by atoms with Crippen molar-refractivity contribution in [3.8, 4) is 0 Å². The third-order valence-corrected chi connectivity index (χ3v) is 3.24. The van der Waals surface area contributed by atoms with Gasteiger partial charge in [0.25, 0.3) is 5.69 Å². The lowest BCUT2D eigenvalue weighted by Gasteiger charge is -2.35. The minimum absolute atomic E-state index is 0.0361. The van der Waals surface area contributed by atoms with Crippen molar-refractivity contribution >= 4 is 11.5 Å². The largest absolute Gasteiger partial charge is 0.373 e. The molecule has 19 heavy (non-hydrogen) atoms. The molecule has 104 valence electrons. The molecule has 0 spiro atoms. The van der Waals surface area contributed by atoms with Crippen LogP contribution in [0, 0.1) is 17.0 Å². The van der Waals surface area contributed by atoms with Gasteiger partial charge in [0.2, 0.25) is 0 Å². The Hall–Kier alpha value is -1.73. The monoisotopic (exact) mass is 266 g/mol. The third kappa shape index (κ3) is 2.99. The number of morpholine rings is 1. The molecular weight excluding hydrogens is 248 g/mol. The summed E-state index contributed by atoms with van der Waals surface area (Å²) in [5.41, 5.74) is 6.30. The van der Waals surface area contributed by atoms with Gasteiger partial charge in [-0.1, -0.05) is 0 Å². The first-order valence-electron chi connectivity index (χ1n) is 6.23. The van der Waals surface area contributed by atoms with Crippen LogP contribution in [0.15, 0.2) is 12.1 Å². The molecule has 1 aromatic heterocycles. The quantitative estimate of drug-likeness (QED) is 0.643. The van der Waals surface area contributed by atoms with Gasteiger partial charge in [0.15, 0.2) is 0 Å². The van der Waals surface area contributed by atoms with E-state index in [-0.39, 0.29) is 17.8 Å². The first-order valence-corrected chi connectivity index (χ1v) is 6.23. The van der Waals surface area contributed by atoms with E-state index in [1.807, 2.05) is 11.8 Å². The van der Waals surface area contributed by atoms with Crippen LogP contribution in [0.5, 0.6) is 0 Å². The first-order chi connectivity index (χ1) is 8.99. The molecule has 0 bridgehead atoms. The van der Waals surface area contributed by atoms with E-state index in [1.165, 1.54) is 6.07 Å². The molecule has 1 saturated heterocycles. The van der Waals surface area contributed by atoms with Crippen LogP contribution in [0.1, 0.15) is 12.6 Å². The number of aromatic nitrogens is 1. The van der Waals surface area contributed by atoms with Crippen LogP contribution in [-0.2, 0) is 4.74 Å². The summed E-state index contributed by atoms with van der Waals surface area (Å²) in [6, 6.07) is 3.12. The molecule has 7 nitrogen and oxygen atoms in total. The fraction of sp³-hybridized carbons (Fsp3) is 0.583. The molecule has 1 aliphatic heterocycles. The van der Waals surface area contributed by atoms with E-state index in [9.17, 15) is 10.1 Å². The van der Waals surface area contributed by atoms with Gasteiger partial charge in [-0.15, -0.1) is 0 Å². The van der Waals surface area contributed by atoms with Crippen molar-refractivity contribution in [2.24, 2.45) is 5.73 Å². The average Bonchev–Trinajstić information content (AvgIpc) is 2.38. The summed E-state index contributed by atoms with van der Waals surface area (Å²) < 4.78 is 5.58. The highest BCUT2D eigenvalue weighted by Gasteiger charge is 2.25. The zero-order chi connectivity index (χ0) is 14.0. The van der Waals surface area contributed by atoms with Crippen molar-refractivity contribution in [3.63, 3.8) is 0 Å². The summed E-state index contributed by atoms with van der Waals surface area (Å²) in [5, 5.41) is 10.8. The minimum atomic E-state index is -0.420. The Morgan fingerprint density at radius 2 is 2.37 bits per heavy atom. The summed E-state index contributed by atoms with van der Waals surface area (Å²) in [6.45, 7) is 5.51. The van der Waals surface area contributed by atoms with Crippen LogP contribution < -0.4 is 10.6 Å². The molecule has 0 aliphatic carbocycles. The number of nitro groups is 1. The number of nitrogens with two attached hydrogens (primary N) is 1. The SMILES string of the molecule is Cc1nc(N2CCOC(C(C)N)C2)ccc1[N+](=O)[O-]. The maximum atomic E-state index is 10.8. The summed E-state index contributed by atoms with van der Waals surface area (Å²) in [7, 11) is 0. The highest BCUT2D eigenvalue weighted by Crippen LogP contribution is 2.22. The fourth-order valence-electron chi connectivity index (χ4n) is 2.11. The first kappa shape index (κ1) is 13.7. The van der Waals surface area contributed by atoms with Crippen LogP contribution in [-0.4, -0.2) is 41.7 Å². The average molecular weight is 266 g/mol. The van der Waals surface area contributed by atoms with E-state index in [1.54, 1.807) is 13.0 Å². The number of nitrogens with zero attached hydrogens (tertiary/aromatic N) is 3. The minimum Gasteiger partial charge on any atom is -0.373 e. The highest BCUT2D eigenvalue weighted by atomic mass is 16.6. The second-order valence-electron chi connectivity index (χ2n) is 4.75. The van der Waals surface area contributed by atoms with Crippen LogP contribution >= 0.6 is 0 Å². The lowest BCUT2D eigenvalue weighted by molar-refractivity contribution is -0.385. The molecule has 1 aliphatic rings. The number of rotatable bonds is 3. The van der Waals surface area contributed by atoms with Gasteiger partial charge in [0.1, 0.15) is 11.5 Å². The molecular formula is C12H18N4O3. The van der Waals surface area contributed by atoms with Gasteiger partial charge in [-0.25, -0.2) is 4.98 Å². The zero-order valence-electron chi connectivity index (χ0n) is 11.1. The summed E-state index contributed by atoms with van der Waals surface area (Å²) >= 11 is 0. The predicted octanol–water partition coefficient (Wildman–Crippen LogP) is 0.851. The molecule has 2 N–H and O–H groups in total. The van der Waals surface area contributed by atoms with Crippen LogP contribution in [0.2, 0.25) is 0 Å².